The summed E-state index contributed by atoms with van der Waals surface area (Å²) in [5.74, 6) is -0.394. The first kappa shape index (κ1) is 21.2. The standard InChI is InChI=1S/C19H26BrNO4/c1-6-24-17(22)13(2)11-16(21-18(23)25-19(3,4)5)12-14-7-9-15(20)10-8-14/h7-11,16H,6,12H2,1-5H3,(H,21,23)/b13-11+. The smallest absolute Gasteiger partial charge is 0.408 e. The number of esters is 1. The molecule has 1 aromatic rings. The van der Waals surface area contributed by atoms with E-state index in [1.807, 2.05) is 24.3 Å². The molecule has 1 atom stereocenters. The number of ether oxygens (including phenoxy) is 2. The zero-order valence-corrected chi connectivity index (χ0v) is 17.0. The van der Waals surface area contributed by atoms with E-state index in [-0.39, 0.29) is 6.04 Å². The maximum absolute atomic E-state index is 12.1. The van der Waals surface area contributed by atoms with Gasteiger partial charge in [-0.1, -0.05) is 34.1 Å². The average molecular weight is 412 g/mol. The summed E-state index contributed by atoms with van der Waals surface area (Å²) in [5, 5.41) is 2.81. The number of halogens is 1. The number of benzene rings is 1. The molecular formula is C19H26BrNO4. The highest BCUT2D eigenvalue weighted by Crippen LogP contribution is 2.14. The molecule has 0 aliphatic heterocycles. The van der Waals surface area contributed by atoms with Crippen molar-refractivity contribution in [3.63, 3.8) is 0 Å². The molecule has 0 saturated heterocycles. The maximum atomic E-state index is 12.1. The summed E-state index contributed by atoms with van der Waals surface area (Å²) in [5.41, 5.74) is 0.878. The predicted molar refractivity (Wildman–Crippen MR) is 101 cm³/mol. The highest BCUT2D eigenvalue weighted by molar-refractivity contribution is 9.10. The lowest BCUT2D eigenvalue weighted by Crippen LogP contribution is -2.39. The van der Waals surface area contributed by atoms with Crippen molar-refractivity contribution < 1.29 is 19.1 Å². The van der Waals surface area contributed by atoms with Crippen LogP contribution >= 0.6 is 15.9 Å². The fourth-order valence-corrected chi connectivity index (χ4v) is 2.36. The Morgan fingerprint density at radius 2 is 1.84 bits per heavy atom. The molecule has 1 rings (SSSR count). The average Bonchev–Trinajstić information content (AvgIpc) is 2.47. The molecule has 0 heterocycles. The van der Waals surface area contributed by atoms with Gasteiger partial charge in [-0.3, -0.25) is 0 Å². The molecule has 0 aliphatic rings. The van der Waals surface area contributed by atoms with Crippen molar-refractivity contribution in [2.45, 2.75) is 52.7 Å². The molecule has 0 fully saturated rings. The lowest BCUT2D eigenvalue weighted by Gasteiger charge is -2.22. The van der Waals surface area contributed by atoms with Crippen LogP contribution in [0.5, 0.6) is 0 Å². The summed E-state index contributed by atoms with van der Waals surface area (Å²) in [6.07, 6.45) is 1.70. The number of carbonyl (C=O) groups excluding carboxylic acids is 2. The van der Waals surface area contributed by atoms with E-state index >= 15 is 0 Å². The molecule has 6 heteroatoms. The third kappa shape index (κ3) is 8.72. The fourth-order valence-electron chi connectivity index (χ4n) is 2.10. The number of alkyl carbamates (subject to hydrolysis) is 1. The van der Waals surface area contributed by atoms with Crippen LogP contribution in [0.3, 0.4) is 0 Å². The van der Waals surface area contributed by atoms with Crippen LogP contribution in [0, 0.1) is 0 Å². The third-order valence-corrected chi connectivity index (χ3v) is 3.65. The van der Waals surface area contributed by atoms with Crippen molar-refractivity contribution in [3.05, 3.63) is 46.0 Å². The first-order chi connectivity index (χ1) is 11.6. The molecule has 1 N–H and O–H groups in total. The lowest BCUT2D eigenvalue weighted by atomic mass is 10.0. The lowest BCUT2D eigenvalue weighted by molar-refractivity contribution is -0.138. The normalized spacial score (nSPS) is 13.1. The molecule has 1 aromatic carbocycles. The van der Waals surface area contributed by atoms with E-state index < -0.39 is 17.7 Å². The molecule has 1 unspecified atom stereocenters. The first-order valence-electron chi connectivity index (χ1n) is 8.20. The van der Waals surface area contributed by atoms with E-state index in [0.717, 1.165) is 10.0 Å². The summed E-state index contributed by atoms with van der Waals surface area (Å²) >= 11 is 3.40. The zero-order valence-electron chi connectivity index (χ0n) is 15.4. The van der Waals surface area contributed by atoms with E-state index in [4.69, 9.17) is 9.47 Å². The van der Waals surface area contributed by atoms with Crippen LogP contribution in [0.1, 0.15) is 40.2 Å². The Morgan fingerprint density at radius 1 is 1.24 bits per heavy atom. The highest BCUT2D eigenvalue weighted by Gasteiger charge is 2.20. The molecule has 0 radical (unpaired) electrons. The van der Waals surface area contributed by atoms with Crippen LogP contribution in [0.25, 0.3) is 0 Å². The van der Waals surface area contributed by atoms with E-state index in [1.54, 1.807) is 40.7 Å². The summed E-state index contributed by atoms with van der Waals surface area (Å²) in [6.45, 7) is 9.13. The molecule has 0 aliphatic carbocycles. The van der Waals surface area contributed by atoms with Crippen molar-refractivity contribution >= 4 is 28.0 Å². The van der Waals surface area contributed by atoms with Crippen molar-refractivity contribution in [2.75, 3.05) is 6.61 Å². The summed E-state index contributed by atoms with van der Waals surface area (Å²) in [4.78, 5) is 24.0. The number of nitrogens with one attached hydrogen (secondary N) is 1. The van der Waals surface area contributed by atoms with Crippen LogP contribution in [-0.4, -0.2) is 30.3 Å². The van der Waals surface area contributed by atoms with Gasteiger partial charge in [0.05, 0.1) is 12.6 Å². The molecule has 1 amide bonds. The van der Waals surface area contributed by atoms with Crippen molar-refractivity contribution in [1.82, 2.24) is 5.32 Å². The molecule has 5 nitrogen and oxygen atoms in total. The molecule has 0 aromatic heterocycles. The molecular weight excluding hydrogens is 386 g/mol. The van der Waals surface area contributed by atoms with Crippen LogP contribution in [0.2, 0.25) is 0 Å². The highest BCUT2D eigenvalue weighted by atomic mass is 79.9. The van der Waals surface area contributed by atoms with Gasteiger partial charge in [0.2, 0.25) is 0 Å². The van der Waals surface area contributed by atoms with Gasteiger partial charge in [-0.05, 0) is 58.7 Å². The zero-order chi connectivity index (χ0) is 19.0. The second-order valence-corrected chi connectivity index (χ2v) is 7.57. The van der Waals surface area contributed by atoms with Gasteiger partial charge in [0.25, 0.3) is 0 Å². The van der Waals surface area contributed by atoms with Gasteiger partial charge < -0.3 is 14.8 Å². The monoisotopic (exact) mass is 411 g/mol. The summed E-state index contributed by atoms with van der Waals surface area (Å²) in [6, 6.07) is 7.40. The predicted octanol–water partition coefficient (Wildman–Crippen LogP) is 4.39. The quantitative estimate of drug-likeness (QED) is 0.556. The van der Waals surface area contributed by atoms with Crippen molar-refractivity contribution in [2.24, 2.45) is 0 Å². The van der Waals surface area contributed by atoms with Gasteiger partial charge in [-0.15, -0.1) is 0 Å². The van der Waals surface area contributed by atoms with Gasteiger partial charge in [0, 0.05) is 10.0 Å². The summed E-state index contributed by atoms with van der Waals surface area (Å²) < 4.78 is 11.3. The number of carbonyl (C=O) groups is 2. The second-order valence-electron chi connectivity index (χ2n) is 6.65. The Morgan fingerprint density at radius 3 is 2.36 bits per heavy atom. The largest absolute Gasteiger partial charge is 0.463 e. The minimum absolute atomic E-state index is 0.306. The SMILES string of the molecule is CCOC(=O)/C(C)=C/C(Cc1ccc(Br)cc1)NC(=O)OC(C)(C)C. The van der Waals surface area contributed by atoms with Crippen molar-refractivity contribution in [1.29, 1.82) is 0 Å². The summed E-state index contributed by atoms with van der Waals surface area (Å²) in [7, 11) is 0. The number of hydrogen-bond donors (Lipinski definition) is 1. The number of rotatable bonds is 6. The molecule has 0 spiro atoms. The first-order valence-corrected chi connectivity index (χ1v) is 8.99. The molecule has 25 heavy (non-hydrogen) atoms. The van der Waals surface area contributed by atoms with E-state index in [1.165, 1.54) is 0 Å². The van der Waals surface area contributed by atoms with Crippen molar-refractivity contribution in [3.8, 4) is 0 Å². The molecule has 0 bridgehead atoms. The topological polar surface area (TPSA) is 64.6 Å². The minimum atomic E-state index is -0.591. The van der Waals surface area contributed by atoms with Crippen LogP contribution in [-0.2, 0) is 20.7 Å². The van der Waals surface area contributed by atoms with Gasteiger partial charge in [-0.25, -0.2) is 9.59 Å². The Labute approximate surface area is 157 Å². The van der Waals surface area contributed by atoms with Gasteiger partial charge in [0.15, 0.2) is 0 Å². The Bertz CT molecular complexity index is 617. The van der Waals surface area contributed by atoms with Crippen LogP contribution in [0.4, 0.5) is 4.79 Å². The van der Waals surface area contributed by atoms with Gasteiger partial charge >= 0.3 is 12.1 Å². The second kappa shape index (κ2) is 9.61. The fraction of sp³-hybridized carbons (Fsp3) is 0.474. The van der Waals surface area contributed by atoms with E-state index in [9.17, 15) is 9.59 Å². The van der Waals surface area contributed by atoms with Gasteiger partial charge in [0.1, 0.15) is 5.60 Å². The number of amides is 1. The minimum Gasteiger partial charge on any atom is -0.463 e. The molecule has 138 valence electrons. The Hall–Kier alpha value is -1.82. The van der Waals surface area contributed by atoms with Crippen LogP contribution < -0.4 is 5.32 Å². The number of hydrogen-bond acceptors (Lipinski definition) is 4. The van der Waals surface area contributed by atoms with E-state index in [2.05, 4.69) is 21.2 Å². The maximum Gasteiger partial charge on any atom is 0.408 e. The van der Waals surface area contributed by atoms with Gasteiger partial charge in [-0.2, -0.15) is 0 Å². The Balaban J connectivity index is 2.92. The Kier molecular flexibility index (Phi) is 8.16. The molecule has 0 saturated carbocycles. The van der Waals surface area contributed by atoms with Crippen LogP contribution in [0.15, 0.2) is 40.4 Å². The third-order valence-electron chi connectivity index (χ3n) is 3.12. The van der Waals surface area contributed by atoms with E-state index in [0.29, 0.717) is 18.6 Å².